The highest BCUT2D eigenvalue weighted by molar-refractivity contribution is 6.28. The van der Waals surface area contributed by atoms with E-state index in [-0.39, 0.29) is 12.4 Å². The molecule has 0 amide bonds. The maximum Gasteiger partial charge on any atom is 0.313 e. The predicted octanol–water partition coefficient (Wildman–Crippen LogP) is -1.05. The number of aliphatic imine (C=N–C) groups is 1. The van der Waals surface area contributed by atoms with Gasteiger partial charge in [0, 0.05) is 0 Å². The van der Waals surface area contributed by atoms with Crippen molar-refractivity contribution in [2.45, 2.75) is 6.54 Å². The quantitative estimate of drug-likeness (QED) is 0.618. The highest BCUT2D eigenvalue weighted by atomic mass is 35.5. The molecule has 1 heterocycles. The molecule has 0 aromatic heterocycles. The van der Waals surface area contributed by atoms with Gasteiger partial charge in [0.2, 0.25) is 0 Å². The van der Waals surface area contributed by atoms with Crippen LogP contribution < -0.4 is 17.4 Å². The summed E-state index contributed by atoms with van der Waals surface area (Å²) in [6, 6.07) is 10.3. The molecule has 2 rings (SSSR count). The minimum atomic E-state index is 0. The van der Waals surface area contributed by atoms with E-state index in [0.717, 1.165) is 12.4 Å². The molecule has 15 heavy (non-hydrogen) atoms. The molecule has 4 heteroatoms. The third-order valence-electron chi connectivity index (χ3n) is 2.12. The maximum atomic E-state index is 5.76. The Kier molecular flexibility index (Phi) is 4.66. The minimum Gasteiger partial charge on any atom is -1.00 e. The number of hydrogen-bond acceptors (Lipinski definition) is 2. The van der Waals surface area contributed by atoms with Crippen LogP contribution in [0, 0.1) is 0 Å². The molecule has 0 saturated heterocycles. The fraction of sp³-hybridized carbons (Fsp3) is 0.182. The van der Waals surface area contributed by atoms with Gasteiger partial charge in [-0.1, -0.05) is 30.3 Å². The largest absolute Gasteiger partial charge is 1.00 e. The minimum absolute atomic E-state index is 0. The van der Waals surface area contributed by atoms with Crippen LogP contribution in [-0.2, 0) is 6.54 Å². The summed E-state index contributed by atoms with van der Waals surface area (Å²) >= 11 is 5.76. The number of hydrogen-bond donors (Lipinski definition) is 0. The van der Waals surface area contributed by atoms with Gasteiger partial charge in [-0.05, 0) is 10.6 Å². The van der Waals surface area contributed by atoms with Gasteiger partial charge in [0.15, 0.2) is 6.20 Å². The second-order valence-electron chi connectivity index (χ2n) is 3.09. The highest BCUT2D eigenvalue weighted by Gasteiger charge is 2.22. The van der Waals surface area contributed by atoms with Crippen LogP contribution in [0.15, 0.2) is 42.7 Å². The lowest BCUT2D eigenvalue weighted by Crippen LogP contribution is -3.00. The van der Waals surface area contributed by atoms with Crippen LogP contribution in [0.3, 0.4) is 0 Å². The number of halogens is 2. The van der Waals surface area contributed by atoms with Crippen molar-refractivity contribution in [3.8, 4) is 0 Å². The smallest absolute Gasteiger partial charge is 0.313 e. The van der Waals surface area contributed by atoms with Gasteiger partial charge in [-0.15, -0.1) is 11.6 Å². The molecular weight excluding hydrogens is 231 g/mol. The molecule has 79 valence electrons. The number of rotatable bonds is 3. The first-order valence-electron chi connectivity index (χ1n) is 4.50. The summed E-state index contributed by atoms with van der Waals surface area (Å²) in [7, 11) is 0. The van der Waals surface area contributed by atoms with Crippen molar-refractivity contribution in [1.82, 2.24) is 9.89 Å². The Labute approximate surface area is 101 Å². The third kappa shape index (κ3) is 2.98. The topological polar surface area (TPSA) is 17.3 Å². The van der Waals surface area contributed by atoms with Gasteiger partial charge < -0.3 is 12.4 Å². The summed E-state index contributed by atoms with van der Waals surface area (Å²) in [4.78, 5) is 6.22. The first-order chi connectivity index (χ1) is 6.90. The zero-order valence-electron chi connectivity index (χ0n) is 8.11. The van der Waals surface area contributed by atoms with Crippen LogP contribution in [0.4, 0.5) is 0 Å². The molecule has 1 aliphatic rings. The van der Waals surface area contributed by atoms with Crippen molar-refractivity contribution in [2.24, 2.45) is 0 Å². The lowest BCUT2D eigenvalue weighted by atomic mass is 10.2. The molecule has 2 nitrogen and oxygen atoms in total. The Hall–Kier alpha value is -0.990. The molecule has 0 aliphatic carbocycles. The monoisotopic (exact) mass is 241 g/mol. The summed E-state index contributed by atoms with van der Waals surface area (Å²) in [6.45, 7) is 0.836. The van der Waals surface area contributed by atoms with Crippen LogP contribution in [0.5, 0.6) is 0 Å². The van der Waals surface area contributed by atoms with Crippen molar-refractivity contribution < 1.29 is 12.4 Å². The van der Waals surface area contributed by atoms with Crippen LogP contribution >= 0.6 is 11.6 Å². The van der Waals surface area contributed by atoms with Crippen molar-refractivity contribution >= 4 is 17.4 Å². The van der Waals surface area contributed by atoms with E-state index in [1.807, 2.05) is 24.4 Å². The van der Waals surface area contributed by atoms with Crippen molar-refractivity contribution in [1.29, 1.82) is 0 Å². The highest BCUT2D eigenvalue weighted by Crippen LogP contribution is 2.08. The average molecular weight is 242 g/mol. The van der Waals surface area contributed by atoms with E-state index in [1.54, 1.807) is 6.20 Å². The van der Waals surface area contributed by atoms with Gasteiger partial charge in [0.05, 0.1) is 0 Å². The molecule has 1 aromatic rings. The van der Waals surface area contributed by atoms with Crippen molar-refractivity contribution in [3.63, 3.8) is 0 Å². The lowest BCUT2D eigenvalue weighted by Gasteiger charge is -2.07. The number of amidine groups is 1. The molecule has 0 fully saturated rings. The second kappa shape index (κ2) is 5.79. The zero-order chi connectivity index (χ0) is 9.80. The molecule has 0 N–H and O–H groups in total. The van der Waals surface area contributed by atoms with Crippen LogP contribution in [0.2, 0.25) is 0 Å². The molecule has 0 saturated carbocycles. The standard InChI is InChI=1S/C11H11ClN2.ClH/c12-8-11-13-6-7-14(11)9-10-4-2-1-3-5-10;/h1-7H,8-9H2;1H/q+1;/p-1. The van der Waals surface area contributed by atoms with Crippen molar-refractivity contribution in [2.75, 3.05) is 5.88 Å². The van der Waals surface area contributed by atoms with E-state index in [9.17, 15) is 0 Å². The molecule has 1 aromatic carbocycles. The molecule has 1 aliphatic heterocycles. The Bertz CT molecular complexity index is 360. The Morgan fingerprint density at radius 3 is 2.60 bits per heavy atom. The maximum absolute atomic E-state index is 5.76. The van der Waals surface area contributed by atoms with E-state index < -0.39 is 0 Å². The van der Waals surface area contributed by atoms with Crippen molar-refractivity contribution in [3.05, 3.63) is 48.3 Å². The van der Waals surface area contributed by atoms with E-state index in [2.05, 4.69) is 22.0 Å². The fourth-order valence-electron chi connectivity index (χ4n) is 1.40. The number of alkyl halides is 1. The van der Waals surface area contributed by atoms with Gasteiger partial charge in [-0.3, -0.25) is 0 Å². The van der Waals surface area contributed by atoms with Crippen LogP contribution in [0.25, 0.3) is 0 Å². The SMILES string of the molecule is ClCC1=[N+]C=CN1Cc1ccccc1.[Cl-]. The zero-order valence-corrected chi connectivity index (χ0v) is 9.62. The second-order valence-corrected chi connectivity index (χ2v) is 3.36. The van der Waals surface area contributed by atoms with Gasteiger partial charge >= 0.3 is 5.84 Å². The van der Waals surface area contributed by atoms with Crippen LogP contribution in [0.1, 0.15) is 5.56 Å². The molecular formula is C11H11Cl2N2. The number of nitrogens with zero attached hydrogens (tertiary/aromatic N) is 2. The summed E-state index contributed by atoms with van der Waals surface area (Å²) in [5.74, 6) is 1.37. The average Bonchev–Trinajstić information content (AvgIpc) is 2.67. The Balaban J connectivity index is 0.00000112. The van der Waals surface area contributed by atoms with E-state index in [1.165, 1.54) is 5.56 Å². The molecule has 0 unspecified atom stereocenters. The summed E-state index contributed by atoms with van der Waals surface area (Å²) in [6.07, 6.45) is 3.73. The van der Waals surface area contributed by atoms with E-state index in [4.69, 9.17) is 11.6 Å². The normalized spacial score (nSPS) is 13.7. The van der Waals surface area contributed by atoms with E-state index in [0.29, 0.717) is 5.88 Å². The van der Waals surface area contributed by atoms with Crippen LogP contribution in [-0.4, -0.2) is 16.6 Å². The summed E-state index contributed by atoms with van der Waals surface area (Å²) in [5, 5.41) is 0. The molecule has 0 atom stereocenters. The molecule has 0 spiro atoms. The van der Waals surface area contributed by atoms with Gasteiger partial charge in [-0.2, -0.15) is 0 Å². The fourth-order valence-corrected chi connectivity index (χ4v) is 1.62. The number of benzene rings is 1. The van der Waals surface area contributed by atoms with Gasteiger partial charge in [0.25, 0.3) is 0 Å². The van der Waals surface area contributed by atoms with E-state index >= 15 is 0 Å². The molecule has 0 bridgehead atoms. The summed E-state index contributed by atoms with van der Waals surface area (Å²) < 4.78 is 0. The first-order valence-corrected chi connectivity index (χ1v) is 5.03. The first kappa shape index (κ1) is 12.1. The summed E-state index contributed by atoms with van der Waals surface area (Å²) in [5.41, 5.74) is 1.26. The predicted molar refractivity (Wildman–Crippen MR) is 59.0 cm³/mol. The molecule has 1 radical (unpaired) electrons. The Morgan fingerprint density at radius 2 is 1.93 bits per heavy atom. The Morgan fingerprint density at radius 1 is 1.20 bits per heavy atom. The third-order valence-corrected chi connectivity index (χ3v) is 2.36. The van der Waals surface area contributed by atoms with Gasteiger partial charge in [0.1, 0.15) is 18.6 Å². The lowest BCUT2D eigenvalue weighted by molar-refractivity contribution is -0.00000285. The van der Waals surface area contributed by atoms with Gasteiger partial charge in [-0.25, -0.2) is 4.90 Å².